The Morgan fingerprint density at radius 3 is 2.47 bits per heavy atom. The lowest BCUT2D eigenvalue weighted by Gasteiger charge is -2.28. The first-order valence-electron chi connectivity index (χ1n) is 6.52. The molecule has 3 heteroatoms. The molecule has 0 saturated heterocycles. The molecule has 0 N–H and O–H groups in total. The highest BCUT2D eigenvalue weighted by atomic mass is 19.1. The molecule has 17 heavy (non-hydrogen) atoms. The average Bonchev–Trinajstić information content (AvgIpc) is 2.31. The van der Waals surface area contributed by atoms with Gasteiger partial charge in [0.1, 0.15) is 0 Å². The van der Waals surface area contributed by atoms with Crippen LogP contribution in [0.3, 0.4) is 0 Å². The van der Waals surface area contributed by atoms with Gasteiger partial charge >= 0.3 is 0 Å². The van der Waals surface area contributed by atoms with E-state index in [4.69, 9.17) is 0 Å². The number of rotatable bonds is 3. The van der Waals surface area contributed by atoms with Crippen molar-refractivity contribution >= 4 is 0 Å². The highest BCUT2D eigenvalue weighted by Crippen LogP contribution is 2.37. The second-order valence-corrected chi connectivity index (χ2v) is 5.02. The van der Waals surface area contributed by atoms with E-state index in [0.29, 0.717) is 5.56 Å². The summed E-state index contributed by atoms with van der Waals surface area (Å²) in [5, 5.41) is 0. The van der Waals surface area contributed by atoms with Gasteiger partial charge in [-0.1, -0.05) is 19.8 Å². The Morgan fingerprint density at radius 1 is 1.18 bits per heavy atom. The fraction of sp³-hybridized carbons (Fsp3) is 0.643. The zero-order chi connectivity index (χ0) is 12.3. The summed E-state index contributed by atoms with van der Waals surface area (Å²) in [4.78, 5) is 3.27. The smallest absolute Gasteiger partial charge is 0.190 e. The second-order valence-electron chi connectivity index (χ2n) is 5.02. The molecule has 0 spiro atoms. The van der Waals surface area contributed by atoms with Gasteiger partial charge < -0.3 is 0 Å². The van der Waals surface area contributed by atoms with Crippen molar-refractivity contribution in [3.8, 4) is 0 Å². The maximum absolute atomic E-state index is 13.5. The fourth-order valence-electron chi connectivity index (χ4n) is 2.90. The van der Waals surface area contributed by atoms with Crippen LogP contribution in [0.25, 0.3) is 0 Å². The average molecular weight is 239 g/mol. The first kappa shape index (κ1) is 12.5. The second kappa shape index (κ2) is 5.56. The Labute approximate surface area is 101 Å². The first-order chi connectivity index (χ1) is 8.20. The number of halogens is 2. The fourth-order valence-corrected chi connectivity index (χ4v) is 2.90. The molecule has 1 nitrogen and oxygen atoms in total. The lowest BCUT2D eigenvalue weighted by Crippen LogP contribution is -2.14. The topological polar surface area (TPSA) is 12.9 Å². The summed E-state index contributed by atoms with van der Waals surface area (Å²) in [6.07, 6.45) is 6.84. The van der Waals surface area contributed by atoms with E-state index in [2.05, 4.69) is 11.9 Å². The van der Waals surface area contributed by atoms with E-state index >= 15 is 0 Å². The van der Waals surface area contributed by atoms with Gasteiger partial charge in [-0.15, -0.1) is 0 Å². The predicted octanol–water partition coefficient (Wildman–Crippen LogP) is 4.43. The van der Waals surface area contributed by atoms with Crippen LogP contribution in [-0.2, 0) is 0 Å². The molecule has 1 fully saturated rings. The van der Waals surface area contributed by atoms with Crippen LogP contribution in [-0.4, -0.2) is 4.98 Å². The molecule has 1 aromatic rings. The molecule has 0 atom stereocenters. The molecule has 0 aliphatic heterocycles. The zero-order valence-electron chi connectivity index (χ0n) is 10.3. The van der Waals surface area contributed by atoms with Gasteiger partial charge in [-0.3, -0.25) is 0 Å². The lowest BCUT2D eigenvalue weighted by molar-refractivity contribution is 0.302. The van der Waals surface area contributed by atoms with Gasteiger partial charge in [-0.25, -0.2) is 0 Å². The van der Waals surface area contributed by atoms with Crippen LogP contribution in [0.1, 0.15) is 56.9 Å². The molecule has 0 aromatic carbocycles. The van der Waals surface area contributed by atoms with Crippen LogP contribution < -0.4 is 0 Å². The molecule has 1 aliphatic rings. The van der Waals surface area contributed by atoms with E-state index in [9.17, 15) is 8.78 Å². The van der Waals surface area contributed by atoms with Gasteiger partial charge in [0.2, 0.25) is 11.9 Å². The van der Waals surface area contributed by atoms with E-state index in [-0.39, 0.29) is 5.92 Å². The summed E-state index contributed by atoms with van der Waals surface area (Å²) in [5.74, 6) is -0.321. The molecule has 1 heterocycles. The lowest BCUT2D eigenvalue weighted by atomic mass is 9.77. The molecule has 0 unspecified atom stereocenters. The summed E-state index contributed by atoms with van der Waals surface area (Å²) >= 11 is 0. The van der Waals surface area contributed by atoms with E-state index < -0.39 is 11.9 Å². The van der Waals surface area contributed by atoms with Crippen molar-refractivity contribution in [2.75, 3.05) is 0 Å². The Hall–Kier alpha value is -0.990. The monoisotopic (exact) mass is 239 g/mol. The number of pyridine rings is 1. The maximum atomic E-state index is 13.5. The summed E-state index contributed by atoms with van der Waals surface area (Å²) in [5.41, 5.74) is 0.598. The maximum Gasteiger partial charge on any atom is 0.218 e. The van der Waals surface area contributed by atoms with Crippen molar-refractivity contribution < 1.29 is 8.78 Å². The Balaban J connectivity index is 2.00. The van der Waals surface area contributed by atoms with Gasteiger partial charge in [0.05, 0.1) is 0 Å². The summed E-state index contributed by atoms with van der Waals surface area (Å²) < 4.78 is 26.3. The highest BCUT2D eigenvalue weighted by Gasteiger charge is 2.24. The van der Waals surface area contributed by atoms with Crippen molar-refractivity contribution in [3.05, 3.63) is 29.6 Å². The summed E-state index contributed by atoms with van der Waals surface area (Å²) in [6.45, 7) is 2.20. The zero-order valence-corrected chi connectivity index (χ0v) is 10.3. The van der Waals surface area contributed by atoms with Gasteiger partial charge in [0, 0.05) is 5.56 Å². The van der Waals surface area contributed by atoms with E-state index in [1.807, 2.05) is 0 Å². The molecule has 1 saturated carbocycles. The van der Waals surface area contributed by atoms with Crippen LogP contribution >= 0.6 is 0 Å². The molecule has 1 aromatic heterocycles. The summed E-state index contributed by atoms with van der Waals surface area (Å²) in [7, 11) is 0. The van der Waals surface area contributed by atoms with Crippen LogP contribution in [0.2, 0.25) is 0 Å². The van der Waals surface area contributed by atoms with Crippen LogP contribution in [0.4, 0.5) is 8.78 Å². The minimum Gasteiger partial charge on any atom is -0.190 e. The van der Waals surface area contributed by atoms with Gasteiger partial charge in [-0.05, 0) is 49.7 Å². The number of hydrogen-bond acceptors (Lipinski definition) is 1. The Morgan fingerprint density at radius 2 is 1.88 bits per heavy atom. The highest BCUT2D eigenvalue weighted by molar-refractivity contribution is 5.17. The van der Waals surface area contributed by atoms with Crippen molar-refractivity contribution in [2.45, 2.75) is 51.4 Å². The molecule has 1 aliphatic carbocycles. The minimum absolute atomic E-state index is 0.233. The third-order valence-electron chi connectivity index (χ3n) is 3.83. The molecule has 0 amide bonds. The van der Waals surface area contributed by atoms with E-state index in [1.54, 1.807) is 6.07 Å². The van der Waals surface area contributed by atoms with Crippen molar-refractivity contribution in [1.29, 1.82) is 0 Å². The Bertz CT molecular complexity index is 370. The van der Waals surface area contributed by atoms with Crippen molar-refractivity contribution in [1.82, 2.24) is 4.98 Å². The van der Waals surface area contributed by atoms with Gasteiger partial charge in [0.15, 0.2) is 0 Å². The number of aromatic nitrogens is 1. The third-order valence-corrected chi connectivity index (χ3v) is 3.83. The van der Waals surface area contributed by atoms with E-state index in [1.165, 1.54) is 18.9 Å². The first-order valence-corrected chi connectivity index (χ1v) is 6.52. The molecule has 0 radical (unpaired) electrons. The van der Waals surface area contributed by atoms with E-state index in [0.717, 1.165) is 31.6 Å². The number of hydrogen-bond donors (Lipinski definition) is 0. The van der Waals surface area contributed by atoms with Crippen LogP contribution in [0.5, 0.6) is 0 Å². The normalized spacial score (nSPS) is 24.9. The Kier molecular flexibility index (Phi) is 4.08. The summed E-state index contributed by atoms with van der Waals surface area (Å²) in [6, 6.07) is 2.82. The van der Waals surface area contributed by atoms with Gasteiger partial charge in [-0.2, -0.15) is 13.8 Å². The molecule has 2 rings (SSSR count). The third kappa shape index (κ3) is 3.02. The van der Waals surface area contributed by atoms with Crippen LogP contribution in [0.15, 0.2) is 12.1 Å². The molecular weight excluding hydrogens is 220 g/mol. The minimum atomic E-state index is -0.731. The van der Waals surface area contributed by atoms with Gasteiger partial charge in [0.25, 0.3) is 0 Å². The van der Waals surface area contributed by atoms with Crippen molar-refractivity contribution in [3.63, 3.8) is 0 Å². The number of nitrogens with zero attached hydrogens (tertiary/aromatic N) is 1. The van der Waals surface area contributed by atoms with Crippen molar-refractivity contribution in [2.24, 2.45) is 5.92 Å². The quantitative estimate of drug-likeness (QED) is 0.711. The standard InChI is InChI=1S/C14H19F2N/c1-2-3-10-4-6-11(7-5-10)12-8-9-13(15)17-14(12)16/h8-11H,2-7H2,1H3/t10-,11-. The van der Waals surface area contributed by atoms with Crippen LogP contribution in [0, 0.1) is 17.8 Å². The molecule has 0 bridgehead atoms. The SMILES string of the molecule is CCC[C@H]1CC[C@H](c2ccc(F)nc2F)CC1. The molecular formula is C14H19F2N. The molecule has 94 valence electrons. The largest absolute Gasteiger partial charge is 0.218 e. The predicted molar refractivity (Wildman–Crippen MR) is 63.8 cm³/mol.